The van der Waals surface area contributed by atoms with Crippen LogP contribution in [0.25, 0.3) is 11.0 Å². The highest BCUT2D eigenvalue weighted by atomic mass is 35.5. The zero-order valence-electron chi connectivity index (χ0n) is 12.1. The standard InChI is InChI=1S/C15H19N3OS.ClH/c1-11-6-5-7-12-14(11)17-15(16-12)20-10-13(19)18-8-3-2-4-9-18;/h5-7H,2-4,8-10H2,1H3,(H,16,17);1H. The van der Waals surface area contributed by atoms with E-state index in [0.717, 1.165) is 47.7 Å². The fourth-order valence-electron chi connectivity index (χ4n) is 2.59. The number of piperidine rings is 1. The molecule has 1 amide bonds. The number of aryl methyl sites for hydroxylation is 1. The molecule has 0 atom stereocenters. The van der Waals surface area contributed by atoms with Gasteiger partial charge in [0.1, 0.15) is 0 Å². The Morgan fingerprint density at radius 3 is 2.81 bits per heavy atom. The lowest BCUT2D eigenvalue weighted by Gasteiger charge is -2.26. The van der Waals surface area contributed by atoms with Gasteiger partial charge in [0.25, 0.3) is 0 Å². The number of benzene rings is 1. The fourth-order valence-corrected chi connectivity index (χ4v) is 3.37. The molecule has 0 spiro atoms. The number of aromatic nitrogens is 2. The molecule has 0 unspecified atom stereocenters. The van der Waals surface area contributed by atoms with E-state index in [9.17, 15) is 4.79 Å². The Kier molecular flexibility index (Phi) is 5.53. The number of rotatable bonds is 3. The maximum atomic E-state index is 12.1. The molecule has 4 nitrogen and oxygen atoms in total. The molecule has 2 aromatic rings. The van der Waals surface area contributed by atoms with E-state index in [1.807, 2.05) is 17.0 Å². The summed E-state index contributed by atoms with van der Waals surface area (Å²) in [5.74, 6) is 0.700. The molecule has 1 saturated heterocycles. The molecule has 0 bridgehead atoms. The summed E-state index contributed by atoms with van der Waals surface area (Å²) in [6.07, 6.45) is 3.53. The SMILES string of the molecule is Cc1cccc2[nH]c(SCC(=O)N3CCCCC3)nc12.Cl. The van der Waals surface area contributed by atoms with Gasteiger partial charge in [-0.1, -0.05) is 23.9 Å². The van der Waals surface area contributed by atoms with Gasteiger partial charge in [-0.2, -0.15) is 0 Å². The molecule has 21 heavy (non-hydrogen) atoms. The maximum Gasteiger partial charge on any atom is 0.233 e. The Morgan fingerprint density at radius 2 is 2.10 bits per heavy atom. The first-order valence-corrected chi connectivity index (χ1v) is 8.08. The Labute approximate surface area is 135 Å². The van der Waals surface area contributed by atoms with E-state index in [4.69, 9.17) is 0 Å². The topological polar surface area (TPSA) is 49.0 Å². The number of carbonyl (C=O) groups is 1. The number of hydrogen-bond donors (Lipinski definition) is 1. The normalized spacial score (nSPS) is 15.0. The second-order valence-corrected chi connectivity index (χ2v) is 6.21. The van der Waals surface area contributed by atoms with E-state index < -0.39 is 0 Å². The van der Waals surface area contributed by atoms with E-state index >= 15 is 0 Å². The summed E-state index contributed by atoms with van der Waals surface area (Å²) in [5, 5.41) is 0.833. The van der Waals surface area contributed by atoms with Crippen LogP contribution in [0.3, 0.4) is 0 Å². The van der Waals surface area contributed by atoms with Crippen molar-refractivity contribution in [2.24, 2.45) is 0 Å². The zero-order chi connectivity index (χ0) is 13.9. The van der Waals surface area contributed by atoms with Gasteiger partial charge in [0, 0.05) is 13.1 Å². The van der Waals surface area contributed by atoms with E-state index in [1.54, 1.807) is 0 Å². The van der Waals surface area contributed by atoms with Crippen LogP contribution in [0.2, 0.25) is 0 Å². The number of halogens is 1. The number of hydrogen-bond acceptors (Lipinski definition) is 3. The molecule has 0 saturated carbocycles. The van der Waals surface area contributed by atoms with Gasteiger partial charge in [-0.15, -0.1) is 12.4 Å². The molecule has 114 valence electrons. The summed E-state index contributed by atoms with van der Waals surface area (Å²) in [6.45, 7) is 3.88. The van der Waals surface area contributed by atoms with Gasteiger partial charge in [0.05, 0.1) is 16.8 Å². The van der Waals surface area contributed by atoms with Crippen LogP contribution in [0.1, 0.15) is 24.8 Å². The molecule has 1 aromatic carbocycles. The molecule has 1 fully saturated rings. The van der Waals surface area contributed by atoms with Crippen molar-refractivity contribution in [3.8, 4) is 0 Å². The first-order valence-electron chi connectivity index (χ1n) is 7.10. The number of amides is 1. The lowest BCUT2D eigenvalue weighted by Crippen LogP contribution is -2.36. The van der Waals surface area contributed by atoms with Crippen LogP contribution in [-0.4, -0.2) is 39.6 Å². The van der Waals surface area contributed by atoms with Gasteiger partial charge in [-0.05, 0) is 37.8 Å². The monoisotopic (exact) mass is 325 g/mol. The Balaban J connectivity index is 0.00000161. The van der Waals surface area contributed by atoms with Crippen molar-refractivity contribution in [1.29, 1.82) is 0 Å². The van der Waals surface area contributed by atoms with Crippen molar-refractivity contribution >= 4 is 41.1 Å². The zero-order valence-corrected chi connectivity index (χ0v) is 13.7. The van der Waals surface area contributed by atoms with Gasteiger partial charge < -0.3 is 9.88 Å². The minimum absolute atomic E-state index is 0. The number of fused-ring (bicyclic) bond motifs is 1. The molecule has 0 radical (unpaired) electrons. The number of aromatic amines is 1. The van der Waals surface area contributed by atoms with Gasteiger partial charge in [-0.25, -0.2) is 4.98 Å². The van der Waals surface area contributed by atoms with Crippen LogP contribution in [0.15, 0.2) is 23.4 Å². The average molecular weight is 326 g/mol. The summed E-state index contributed by atoms with van der Waals surface area (Å²) in [5.41, 5.74) is 3.20. The lowest BCUT2D eigenvalue weighted by molar-refractivity contribution is -0.129. The minimum atomic E-state index is 0. The first kappa shape index (κ1) is 16.2. The molecule has 1 N–H and O–H groups in total. The maximum absolute atomic E-state index is 12.1. The molecule has 2 heterocycles. The Hall–Kier alpha value is -1.20. The number of imidazole rings is 1. The number of likely N-dealkylation sites (tertiary alicyclic amines) is 1. The quantitative estimate of drug-likeness (QED) is 0.880. The van der Waals surface area contributed by atoms with E-state index in [-0.39, 0.29) is 18.3 Å². The fraction of sp³-hybridized carbons (Fsp3) is 0.467. The van der Waals surface area contributed by atoms with Crippen LogP contribution < -0.4 is 0 Å². The van der Waals surface area contributed by atoms with Crippen LogP contribution in [0, 0.1) is 6.92 Å². The van der Waals surface area contributed by atoms with Crippen LogP contribution in [-0.2, 0) is 4.79 Å². The third kappa shape index (κ3) is 3.71. The molecule has 0 aliphatic carbocycles. The lowest BCUT2D eigenvalue weighted by atomic mass is 10.1. The van der Waals surface area contributed by atoms with E-state index in [2.05, 4.69) is 23.0 Å². The predicted molar refractivity (Wildman–Crippen MR) is 89.2 cm³/mol. The number of thioether (sulfide) groups is 1. The van der Waals surface area contributed by atoms with Gasteiger partial charge in [-0.3, -0.25) is 4.79 Å². The highest BCUT2D eigenvalue weighted by Crippen LogP contribution is 2.22. The first-order chi connectivity index (χ1) is 9.74. The highest BCUT2D eigenvalue weighted by molar-refractivity contribution is 7.99. The number of H-pyrrole nitrogens is 1. The van der Waals surface area contributed by atoms with Crippen molar-refractivity contribution in [3.63, 3.8) is 0 Å². The molecular weight excluding hydrogens is 306 g/mol. The van der Waals surface area contributed by atoms with Crippen molar-refractivity contribution in [2.45, 2.75) is 31.3 Å². The largest absolute Gasteiger partial charge is 0.342 e. The number of para-hydroxylation sites is 1. The summed E-state index contributed by atoms with van der Waals surface area (Å²) < 4.78 is 0. The third-order valence-corrected chi connectivity index (χ3v) is 4.59. The second-order valence-electron chi connectivity index (χ2n) is 5.24. The number of nitrogens with zero attached hydrogens (tertiary/aromatic N) is 2. The second kappa shape index (κ2) is 7.18. The smallest absolute Gasteiger partial charge is 0.233 e. The summed E-state index contributed by atoms with van der Waals surface area (Å²) in [4.78, 5) is 21.9. The summed E-state index contributed by atoms with van der Waals surface area (Å²) in [7, 11) is 0. The number of carbonyl (C=O) groups excluding carboxylic acids is 1. The molecule has 3 rings (SSSR count). The van der Waals surface area contributed by atoms with E-state index in [0.29, 0.717) is 5.75 Å². The van der Waals surface area contributed by atoms with Gasteiger partial charge in [0.15, 0.2) is 5.16 Å². The Morgan fingerprint density at radius 1 is 1.33 bits per heavy atom. The predicted octanol–water partition coefficient (Wildman–Crippen LogP) is 3.40. The molecule has 1 aromatic heterocycles. The van der Waals surface area contributed by atoms with Crippen LogP contribution in [0.5, 0.6) is 0 Å². The van der Waals surface area contributed by atoms with Crippen LogP contribution >= 0.6 is 24.2 Å². The molecule has 1 aliphatic heterocycles. The Bertz CT molecular complexity index is 622. The van der Waals surface area contributed by atoms with Crippen molar-refractivity contribution < 1.29 is 4.79 Å². The van der Waals surface area contributed by atoms with Gasteiger partial charge >= 0.3 is 0 Å². The third-order valence-electron chi connectivity index (χ3n) is 3.73. The molecule has 6 heteroatoms. The number of nitrogens with one attached hydrogen (secondary N) is 1. The van der Waals surface area contributed by atoms with Crippen molar-refractivity contribution in [2.75, 3.05) is 18.8 Å². The summed E-state index contributed by atoms with van der Waals surface area (Å²) in [6, 6.07) is 6.09. The minimum Gasteiger partial charge on any atom is -0.342 e. The van der Waals surface area contributed by atoms with E-state index in [1.165, 1.54) is 18.2 Å². The average Bonchev–Trinajstić information content (AvgIpc) is 2.90. The van der Waals surface area contributed by atoms with Crippen molar-refractivity contribution in [1.82, 2.24) is 14.9 Å². The van der Waals surface area contributed by atoms with Crippen LogP contribution in [0.4, 0.5) is 0 Å². The van der Waals surface area contributed by atoms with Gasteiger partial charge in [0.2, 0.25) is 5.91 Å². The van der Waals surface area contributed by atoms with Crippen molar-refractivity contribution in [3.05, 3.63) is 23.8 Å². The molecule has 1 aliphatic rings. The summed E-state index contributed by atoms with van der Waals surface area (Å²) >= 11 is 1.50. The highest BCUT2D eigenvalue weighted by Gasteiger charge is 2.17. The molecular formula is C15H20ClN3OS.